The molecule has 71 valence electrons. The van der Waals surface area contributed by atoms with Gasteiger partial charge in [-0.1, -0.05) is 19.1 Å². The smallest absolute Gasteiger partial charge is 0.206 e. The van der Waals surface area contributed by atoms with E-state index in [-0.39, 0.29) is 5.56 Å². The minimum absolute atomic E-state index is 0.0326. The Morgan fingerprint density at radius 2 is 1.85 bits per heavy atom. The van der Waals surface area contributed by atoms with Crippen molar-refractivity contribution in [3.8, 4) is 0 Å². The summed E-state index contributed by atoms with van der Waals surface area (Å²) in [6.07, 6.45) is -3.33. The Morgan fingerprint density at radius 3 is 2.31 bits per heavy atom. The Kier molecular flexibility index (Phi) is 2.59. The number of hydrogen-bond acceptors (Lipinski definition) is 0. The van der Waals surface area contributed by atoms with Gasteiger partial charge in [-0.25, -0.2) is 4.39 Å². The monoisotopic (exact) mass is 191 g/mol. The molecular formula is C9H7F4. The topological polar surface area (TPSA) is 0 Å². The van der Waals surface area contributed by atoms with Crippen LogP contribution < -0.4 is 0 Å². The molecule has 1 aromatic carbocycles. The first-order chi connectivity index (χ1) is 5.96. The Balaban J connectivity index is 3.24. The van der Waals surface area contributed by atoms with Crippen LogP contribution in [0.15, 0.2) is 18.2 Å². The summed E-state index contributed by atoms with van der Waals surface area (Å²) in [6, 6.07) is 3.20. The maximum atomic E-state index is 13.0. The highest BCUT2D eigenvalue weighted by molar-refractivity contribution is 5.31. The second-order valence-electron chi connectivity index (χ2n) is 2.50. The van der Waals surface area contributed by atoms with E-state index in [0.717, 1.165) is 6.07 Å². The number of rotatable bonds is 1. The average Bonchev–Trinajstić information content (AvgIpc) is 2.02. The second-order valence-corrected chi connectivity index (χ2v) is 2.50. The van der Waals surface area contributed by atoms with E-state index in [4.69, 9.17) is 0 Å². The van der Waals surface area contributed by atoms with E-state index in [0.29, 0.717) is 0 Å². The molecule has 0 aliphatic heterocycles. The molecule has 0 atom stereocenters. The minimum atomic E-state index is -4.62. The molecule has 1 aromatic rings. The molecule has 1 radical (unpaired) electrons. The van der Waals surface area contributed by atoms with Crippen molar-refractivity contribution in [2.24, 2.45) is 0 Å². The maximum absolute atomic E-state index is 13.0. The van der Waals surface area contributed by atoms with Crippen molar-refractivity contribution in [1.29, 1.82) is 0 Å². The predicted octanol–water partition coefficient (Wildman–Crippen LogP) is 3.42. The molecule has 13 heavy (non-hydrogen) atoms. The van der Waals surface area contributed by atoms with Crippen LogP contribution >= 0.6 is 0 Å². The summed E-state index contributed by atoms with van der Waals surface area (Å²) in [7, 11) is 0. The summed E-state index contributed by atoms with van der Waals surface area (Å²) in [6.45, 7) is 1.48. The molecule has 0 spiro atoms. The van der Waals surface area contributed by atoms with Gasteiger partial charge in [-0.15, -0.1) is 0 Å². The number of halogens is 4. The Morgan fingerprint density at radius 1 is 1.23 bits per heavy atom. The molecule has 4 heteroatoms. The molecule has 0 nitrogen and oxygen atoms in total. The van der Waals surface area contributed by atoms with Gasteiger partial charge in [0.05, 0.1) is 5.56 Å². The molecule has 0 unspecified atom stereocenters. The molecule has 0 N–H and O–H groups in total. The largest absolute Gasteiger partial charge is 0.419 e. The van der Waals surface area contributed by atoms with Gasteiger partial charge in [0.2, 0.25) is 0 Å². The Labute approximate surface area is 73.2 Å². The average molecular weight is 191 g/mol. The first-order valence-electron chi connectivity index (χ1n) is 3.62. The second kappa shape index (κ2) is 3.36. The van der Waals surface area contributed by atoms with Gasteiger partial charge in [0.1, 0.15) is 5.82 Å². The molecule has 0 heterocycles. The fourth-order valence-corrected chi connectivity index (χ4v) is 0.992. The number of alkyl halides is 3. The van der Waals surface area contributed by atoms with Gasteiger partial charge < -0.3 is 0 Å². The van der Waals surface area contributed by atoms with Gasteiger partial charge in [0.25, 0.3) is 0 Å². The van der Waals surface area contributed by atoms with Gasteiger partial charge in [0, 0.05) is 0 Å². The fraction of sp³-hybridized carbons (Fsp3) is 0.222. The van der Waals surface area contributed by atoms with Gasteiger partial charge >= 0.3 is 6.18 Å². The normalized spacial score (nSPS) is 11.8. The lowest BCUT2D eigenvalue weighted by Crippen LogP contribution is -2.09. The van der Waals surface area contributed by atoms with Crippen molar-refractivity contribution in [2.75, 3.05) is 0 Å². The lowest BCUT2D eigenvalue weighted by atomic mass is 10.1. The lowest BCUT2D eigenvalue weighted by Gasteiger charge is -2.09. The zero-order valence-electron chi connectivity index (χ0n) is 6.82. The van der Waals surface area contributed by atoms with E-state index in [2.05, 4.69) is 0 Å². The fourth-order valence-electron chi connectivity index (χ4n) is 0.992. The molecule has 0 aromatic heterocycles. The summed E-state index contributed by atoms with van der Waals surface area (Å²) in [5.41, 5.74) is -1.25. The van der Waals surface area contributed by atoms with Gasteiger partial charge in [0.15, 0.2) is 0 Å². The maximum Gasteiger partial charge on any atom is 0.419 e. The van der Waals surface area contributed by atoms with Crippen LogP contribution in [0, 0.1) is 12.2 Å². The summed E-state index contributed by atoms with van der Waals surface area (Å²) in [5.74, 6) is -1.21. The highest BCUT2D eigenvalue weighted by Crippen LogP contribution is 2.32. The predicted molar refractivity (Wildman–Crippen MR) is 40.5 cm³/mol. The molecule has 0 bridgehead atoms. The molecular weight excluding hydrogens is 184 g/mol. The number of hydrogen-bond donors (Lipinski definition) is 0. The van der Waals surface area contributed by atoms with Crippen molar-refractivity contribution in [3.63, 3.8) is 0 Å². The molecule has 0 amide bonds. The van der Waals surface area contributed by atoms with Crippen LogP contribution in [0.3, 0.4) is 0 Å². The highest BCUT2D eigenvalue weighted by atomic mass is 19.4. The molecule has 0 aliphatic carbocycles. The SMILES string of the molecule is C[CH]c1cccc(C(F)(F)F)c1F. The molecule has 0 saturated carbocycles. The summed E-state index contributed by atoms with van der Waals surface area (Å²) >= 11 is 0. The molecule has 0 fully saturated rings. The zero-order chi connectivity index (χ0) is 10.1. The third kappa shape index (κ3) is 1.99. The summed E-state index contributed by atoms with van der Waals surface area (Å²) < 4.78 is 49.4. The van der Waals surface area contributed by atoms with E-state index in [1.165, 1.54) is 25.5 Å². The van der Waals surface area contributed by atoms with Crippen LogP contribution in [0.2, 0.25) is 0 Å². The van der Waals surface area contributed by atoms with Crippen molar-refractivity contribution in [3.05, 3.63) is 41.6 Å². The first kappa shape index (κ1) is 10.0. The van der Waals surface area contributed by atoms with Crippen LogP contribution in [0.5, 0.6) is 0 Å². The molecule has 0 saturated heterocycles. The van der Waals surface area contributed by atoms with E-state index >= 15 is 0 Å². The van der Waals surface area contributed by atoms with Crippen LogP contribution in [0.25, 0.3) is 0 Å². The van der Waals surface area contributed by atoms with E-state index in [1.807, 2.05) is 0 Å². The van der Waals surface area contributed by atoms with E-state index in [9.17, 15) is 17.6 Å². The Bertz CT molecular complexity index is 301. The quantitative estimate of drug-likeness (QED) is 0.596. The zero-order valence-corrected chi connectivity index (χ0v) is 6.82. The van der Waals surface area contributed by atoms with Gasteiger partial charge in [-0.05, 0) is 18.1 Å². The Hall–Kier alpha value is -1.06. The standard InChI is InChI=1S/C9H7F4/c1-2-6-4-3-5-7(8(6)10)9(11,12)13/h2-5H,1H3. The van der Waals surface area contributed by atoms with Crippen LogP contribution in [-0.4, -0.2) is 0 Å². The summed E-state index contributed by atoms with van der Waals surface area (Å²) in [4.78, 5) is 0. The van der Waals surface area contributed by atoms with Crippen molar-refractivity contribution >= 4 is 0 Å². The molecule has 0 aliphatic rings. The van der Waals surface area contributed by atoms with Crippen molar-refractivity contribution in [2.45, 2.75) is 13.1 Å². The third-order valence-corrected chi connectivity index (χ3v) is 1.64. The van der Waals surface area contributed by atoms with Crippen LogP contribution in [0.4, 0.5) is 17.6 Å². The lowest BCUT2D eigenvalue weighted by molar-refractivity contribution is -0.140. The molecule has 1 rings (SSSR count). The highest BCUT2D eigenvalue weighted by Gasteiger charge is 2.34. The minimum Gasteiger partial charge on any atom is -0.206 e. The van der Waals surface area contributed by atoms with Gasteiger partial charge in [-0.3, -0.25) is 0 Å². The number of benzene rings is 1. The van der Waals surface area contributed by atoms with E-state index in [1.54, 1.807) is 0 Å². The van der Waals surface area contributed by atoms with Crippen LogP contribution in [0.1, 0.15) is 18.1 Å². The first-order valence-corrected chi connectivity index (χ1v) is 3.62. The van der Waals surface area contributed by atoms with Crippen LogP contribution in [-0.2, 0) is 6.18 Å². The van der Waals surface area contributed by atoms with Crippen molar-refractivity contribution < 1.29 is 17.6 Å². The van der Waals surface area contributed by atoms with Gasteiger partial charge in [-0.2, -0.15) is 13.2 Å². The van der Waals surface area contributed by atoms with E-state index < -0.39 is 17.6 Å². The van der Waals surface area contributed by atoms with Crippen molar-refractivity contribution in [1.82, 2.24) is 0 Å². The third-order valence-electron chi connectivity index (χ3n) is 1.64. The summed E-state index contributed by atoms with van der Waals surface area (Å²) in [5, 5.41) is 0.